The molecule has 0 aliphatic heterocycles. The molecule has 0 aliphatic rings. The Morgan fingerprint density at radius 2 is 2.00 bits per heavy atom. The Balaban J connectivity index is 2.94. The average Bonchev–Trinajstić information content (AvgIpc) is 2.34. The molecule has 0 unspecified atom stereocenters. The number of methoxy groups -OCH3 is 1. The van der Waals surface area contributed by atoms with Crippen molar-refractivity contribution in [3.8, 4) is 0 Å². The highest BCUT2D eigenvalue weighted by Crippen LogP contribution is 2.28. The Labute approximate surface area is 122 Å². The van der Waals surface area contributed by atoms with E-state index in [1.165, 1.54) is 19.2 Å². The van der Waals surface area contributed by atoms with E-state index in [4.69, 9.17) is 33.0 Å². The first-order valence-corrected chi connectivity index (χ1v) is 7.73. The third kappa shape index (κ3) is 4.59. The average molecular weight is 328 g/mol. The first kappa shape index (κ1) is 16.7. The van der Waals surface area contributed by atoms with Gasteiger partial charge in [0.05, 0.1) is 11.6 Å². The normalized spacial score (nSPS) is 11.8. The second kappa shape index (κ2) is 7.42. The molecular weight excluding hydrogens is 313 g/mol. The first-order valence-electron chi connectivity index (χ1n) is 5.49. The van der Waals surface area contributed by atoms with Gasteiger partial charge in [0.25, 0.3) is 0 Å². The van der Waals surface area contributed by atoms with E-state index in [9.17, 15) is 8.42 Å². The number of rotatable bonds is 7. The predicted octanol–water partition coefficient (Wildman–Crippen LogP) is 1.80. The summed E-state index contributed by atoms with van der Waals surface area (Å²) in [6, 6.07) is 2.57. The van der Waals surface area contributed by atoms with Gasteiger partial charge in [0.15, 0.2) is 0 Å². The highest BCUT2D eigenvalue weighted by atomic mass is 35.5. The summed E-state index contributed by atoms with van der Waals surface area (Å²) in [4.78, 5) is -0.0972. The molecule has 5 nitrogen and oxygen atoms in total. The molecule has 0 saturated carbocycles. The Hall–Kier alpha value is -0.370. The molecule has 0 radical (unpaired) electrons. The van der Waals surface area contributed by atoms with Crippen LogP contribution in [-0.2, 0) is 21.4 Å². The van der Waals surface area contributed by atoms with E-state index in [2.05, 4.69) is 4.72 Å². The molecule has 0 aromatic heterocycles. The number of aliphatic hydroxyl groups is 1. The van der Waals surface area contributed by atoms with Crippen LogP contribution in [0.1, 0.15) is 12.0 Å². The summed E-state index contributed by atoms with van der Waals surface area (Å²) >= 11 is 11.7. The SMILES string of the molecule is COCCCNS(=O)(=O)c1cc(CO)c(Cl)cc1Cl. The maximum atomic E-state index is 12.0. The van der Waals surface area contributed by atoms with E-state index in [-0.39, 0.29) is 28.1 Å². The van der Waals surface area contributed by atoms with Gasteiger partial charge in [-0.15, -0.1) is 0 Å². The van der Waals surface area contributed by atoms with Gasteiger partial charge in [-0.3, -0.25) is 0 Å². The zero-order chi connectivity index (χ0) is 14.5. The molecule has 0 fully saturated rings. The van der Waals surface area contributed by atoms with Crippen LogP contribution >= 0.6 is 23.2 Å². The number of hydrogen-bond acceptors (Lipinski definition) is 4. The fourth-order valence-corrected chi connectivity index (χ4v) is 3.33. The lowest BCUT2D eigenvalue weighted by atomic mass is 10.2. The van der Waals surface area contributed by atoms with E-state index in [0.717, 1.165) is 0 Å². The number of ether oxygens (including phenoxy) is 1. The fraction of sp³-hybridized carbons (Fsp3) is 0.455. The molecule has 0 saturated heterocycles. The molecule has 108 valence electrons. The van der Waals surface area contributed by atoms with Crippen molar-refractivity contribution in [2.75, 3.05) is 20.3 Å². The lowest BCUT2D eigenvalue weighted by Crippen LogP contribution is -2.26. The largest absolute Gasteiger partial charge is 0.392 e. The number of halogens is 2. The minimum absolute atomic E-state index is 0.0152. The minimum atomic E-state index is -3.73. The van der Waals surface area contributed by atoms with Crippen molar-refractivity contribution in [2.24, 2.45) is 0 Å². The van der Waals surface area contributed by atoms with Crippen LogP contribution in [-0.4, -0.2) is 33.8 Å². The van der Waals surface area contributed by atoms with Crippen LogP contribution in [0.15, 0.2) is 17.0 Å². The maximum Gasteiger partial charge on any atom is 0.242 e. The van der Waals surface area contributed by atoms with E-state index < -0.39 is 10.0 Å². The van der Waals surface area contributed by atoms with Gasteiger partial charge in [-0.05, 0) is 24.1 Å². The fourth-order valence-electron chi connectivity index (χ4n) is 1.40. The molecule has 1 aromatic carbocycles. The van der Waals surface area contributed by atoms with Gasteiger partial charge < -0.3 is 9.84 Å². The van der Waals surface area contributed by atoms with Gasteiger partial charge in [0, 0.05) is 25.3 Å². The molecule has 0 spiro atoms. The van der Waals surface area contributed by atoms with Crippen LogP contribution < -0.4 is 4.72 Å². The van der Waals surface area contributed by atoms with E-state index in [1.54, 1.807) is 0 Å². The molecule has 0 amide bonds. The van der Waals surface area contributed by atoms with Gasteiger partial charge in [-0.2, -0.15) is 0 Å². The summed E-state index contributed by atoms with van der Waals surface area (Å²) in [7, 11) is -2.19. The number of sulfonamides is 1. The molecule has 0 aliphatic carbocycles. The molecule has 1 rings (SSSR count). The Morgan fingerprint density at radius 3 is 2.58 bits per heavy atom. The summed E-state index contributed by atoms with van der Waals surface area (Å²) in [6.45, 7) is 0.338. The van der Waals surface area contributed by atoms with Crippen molar-refractivity contribution in [2.45, 2.75) is 17.9 Å². The summed E-state index contributed by atoms with van der Waals surface area (Å²) in [5.74, 6) is 0. The maximum absolute atomic E-state index is 12.0. The molecule has 0 atom stereocenters. The van der Waals surface area contributed by atoms with Gasteiger partial charge >= 0.3 is 0 Å². The number of hydrogen-bond donors (Lipinski definition) is 2. The second-order valence-corrected chi connectivity index (χ2v) is 6.33. The van der Waals surface area contributed by atoms with E-state index >= 15 is 0 Å². The topological polar surface area (TPSA) is 75.6 Å². The van der Waals surface area contributed by atoms with Crippen LogP contribution in [0.4, 0.5) is 0 Å². The van der Waals surface area contributed by atoms with Crippen LogP contribution in [0.2, 0.25) is 10.0 Å². The summed E-state index contributed by atoms with van der Waals surface area (Å²) in [5, 5.41) is 9.33. The number of nitrogens with one attached hydrogen (secondary N) is 1. The molecule has 1 aromatic rings. The number of benzene rings is 1. The van der Waals surface area contributed by atoms with Crippen LogP contribution in [0, 0.1) is 0 Å². The van der Waals surface area contributed by atoms with Gasteiger partial charge in [0.1, 0.15) is 4.90 Å². The Kier molecular flexibility index (Phi) is 6.52. The molecule has 8 heteroatoms. The zero-order valence-electron chi connectivity index (χ0n) is 10.3. The lowest BCUT2D eigenvalue weighted by Gasteiger charge is -2.10. The molecule has 0 heterocycles. The number of aliphatic hydroxyl groups excluding tert-OH is 1. The monoisotopic (exact) mass is 327 g/mol. The summed E-state index contributed by atoms with van der Waals surface area (Å²) < 4.78 is 31.3. The highest BCUT2D eigenvalue weighted by Gasteiger charge is 2.19. The van der Waals surface area contributed by atoms with Crippen molar-refractivity contribution in [3.05, 3.63) is 27.7 Å². The summed E-state index contributed by atoms with van der Waals surface area (Å²) in [6.07, 6.45) is 0.549. The summed E-state index contributed by atoms with van der Waals surface area (Å²) in [5.41, 5.74) is 0.309. The third-order valence-corrected chi connectivity index (χ3v) is 4.66. The van der Waals surface area contributed by atoms with Crippen LogP contribution in [0.25, 0.3) is 0 Å². The van der Waals surface area contributed by atoms with Crippen molar-refractivity contribution < 1.29 is 18.3 Å². The Morgan fingerprint density at radius 1 is 1.32 bits per heavy atom. The minimum Gasteiger partial charge on any atom is -0.392 e. The van der Waals surface area contributed by atoms with Crippen molar-refractivity contribution >= 4 is 33.2 Å². The lowest BCUT2D eigenvalue weighted by molar-refractivity contribution is 0.196. The first-order chi connectivity index (χ1) is 8.92. The molecule has 2 N–H and O–H groups in total. The van der Waals surface area contributed by atoms with Gasteiger partial charge in [-0.1, -0.05) is 23.2 Å². The van der Waals surface area contributed by atoms with Gasteiger partial charge in [-0.25, -0.2) is 13.1 Å². The predicted molar refractivity (Wildman–Crippen MR) is 74.1 cm³/mol. The zero-order valence-corrected chi connectivity index (χ0v) is 12.6. The van der Waals surface area contributed by atoms with Crippen LogP contribution in [0.3, 0.4) is 0 Å². The quantitative estimate of drug-likeness (QED) is 0.749. The van der Waals surface area contributed by atoms with Crippen molar-refractivity contribution in [1.29, 1.82) is 0 Å². The van der Waals surface area contributed by atoms with E-state index in [0.29, 0.717) is 18.6 Å². The second-order valence-electron chi connectivity index (χ2n) is 3.78. The van der Waals surface area contributed by atoms with Crippen molar-refractivity contribution in [3.63, 3.8) is 0 Å². The highest BCUT2D eigenvalue weighted by molar-refractivity contribution is 7.89. The third-order valence-electron chi connectivity index (χ3n) is 2.38. The molecule has 19 heavy (non-hydrogen) atoms. The standard InChI is InChI=1S/C11H15Cl2NO4S/c1-18-4-2-3-14-19(16,17)11-5-8(7-15)9(12)6-10(11)13/h5-6,14-15H,2-4,7H2,1H3. The van der Waals surface area contributed by atoms with Gasteiger partial charge in [0.2, 0.25) is 10.0 Å². The Bertz CT molecular complexity index is 534. The smallest absolute Gasteiger partial charge is 0.242 e. The van der Waals surface area contributed by atoms with E-state index in [1.807, 2.05) is 0 Å². The van der Waals surface area contributed by atoms with Crippen LogP contribution in [0.5, 0.6) is 0 Å². The molecule has 0 bridgehead atoms. The molecular formula is C11H15Cl2NO4S. The van der Waals surface area contributed by atoms with Crippen molar-refractivity contribution in [1.82, 2.24) is 4.72 Å².